The molecule has 1 N–H and O–H groups in total. The second-order valence-electron chi connectivity index (χ2n) is 3.18. The quantitative estimate of drug-likeness (QED) is 0.481. The second-order valence-corrected chi connectivity index (χ2v) is 3.18. The minimum atomic E-state index is -1.53. The van der Waals surface area contributed by atoms with E-state index in [9.17, 15) is 19.7 Å². The van der Waals surface area contributed by atoms with Crippen LogP contribution in [0.5, 0.6) is 0 Å². The Morgan fingerprint density at radius 2 is 2.12 bits per heavy atom. The van der Waals surface area contributed by atoms with Crippen LogP contribution in [0.3, 0.4) is 0 Å². The van der Waals surface area contributed by atoms with Gasteiger partial charge >= 0.3 is 11.9 Å². The van der Waals surface area contributed by atoms with Crippen molar-refractivity contribution in [3.8, 4) is 0 Å². The van der Waals surface area contributed by atoms with Crippen LogP contribution in [-0.2, 0) is 14.3 Å². The minimum Gasteiger partial charge on any atom is -0.478 e. The molecule has 0 bridgehead atoms. The number of carbonyl (C=O) groups excluding carboxylic acids is 1. The number of aliphatic carboxylic acids is 1. The van der Waals surface area contributed by atoms with E-state index < -0.39 is 23.0 Å². The molecule has 0 aliphatic carbocycles. The number of non-ortho nitro benzene ring substituents is 1. The van der Waals surface area contributed by atoms with E-state index in [-0.39, 0.29) is 11.3 Å². The van der Waals surface area contributed by atoms with Gasteiger partial charge in [-0.3, -0.25) is 14.9 Å². The summed E-state index contributed by atoms with van der Waals surface area (Å²) < 4.78 is 4.57. The van der Waals surface area contributed by atoms with Crippen molar-refractivity contribution in [2.45, 2.75) is 13.0 Å². The lowest BCUT2D eigenvalue weighted by Crippen LogP contribution is -2.17. The predicted molar refractivity (Wildman–Crippen MR) is 55.2 cm³/mol. The molecule has 7 heteroatoms. The highest BCUT2D eigenvalue weighted by Crippen LogP contribution is 2.22. The van der Waals surface area contributed by atoms with Crippen LogP contribution in [-0.4, -0.2) is 22.0 Å². The van der Waals surface area contributed by atoms with E-state index in [4.69, 9.17) is 5.11 Å². The van der Waals surface area contributed by atoms with Gasteiger partial charge < -0.3 is 9.84 Å². The molecule has 0 spiro atoms. The van der Waals surface area contributed by atoms with Gasteiger partial charge in [0.2, 0.25) is 6.10 Å². The number of carboxylic acids is 1. The molecule has 7 nitrogen and oxygen atoms in total. The van der Waals surface area contributed by atoms with Gasteiger partial charge in [-0.2, -0.15) is 0 Å². The van der Waals surface area contributed by atoms with E-state index in [2.05, 4.69) is 4.74 Å². The Kier molecular flexibility index (Phi) is 3.76. The summed E-state index contributed by atoms with van der Waals surface area (Å²) in [6, 6.07) is 4.94. The fourth-order valence-electron chi connectivity index (χ4n) is 1.23. The van der Waals surface area contributed by atoms with Crippen LogP contribution in [0.15, 0.2) is 24.3 Å². The SMILES string of the molecule is CC(=O)O[C@H](C(=O)O)c1cccc([N+](=O)[O-])c1. The Morgan fingerprint density at radius 3 is 2.59 bits per heavy atom. The number of hydrogen-bond acceptors (Lipinski definition) is 5. The summed E-state index contributed by atoms with van der Waals surface area (Å²) in [4.78, 5) is 31.5. The van der Waals surface area contributed by atoms with Gasteiger partial charge in [-0.15, -0.1) is 0 Å². The number of benzene rings is 1. The summed E-state index contributed by atoms with van der Waals surface area (Å²) in [6.07, 6.45) is -1.53. The van der Waals surface area contributed by atoms with Gasteiger partial charge in [-0.05, 0) is 0 Å². The topological polar surface area (TPSA) is 107 Å². The predicted octanol–water partition coefficient (Wildman–Crippen LogP) is 1.28. The first-order valence-corrected chi connectivity index (χ1v) is 4.56. The average molecular weight is 239 g/mol. The van der Waals surface area contributed by atoms with Gasteiger partial charge in [0.05, 0.1) is 4.92 Å². The molecule has 1 aromatic rings. The summed E-state index contributed by atoms with van der Waals surface area (Å²) in [5.41, 5.74) is -0.220. The third kappa shape index (κ3) is 3.26. The van der Waals surface area contributed by atoms with E-state index in [1.54, 1.807) is 0 Å². The van der Waals surface area contributed by atoms with Gasteiger partial charge in [-0.1, -0.05) is 12.1 Å². The lowest BCUT2D eigenvalue weighted by molar-refractivity contribution is -0.385. The maximum atomic E-state index is 10.9. The van der Waals surface area contributed by atoms with Crippen LogP contribution in [0.2, 0.25) is 0 Å². The van der Waals surface area contributed by atoms with E-state index in [1.165, 1.54) is 18.2 Å². The van der Waals surface area contributed by atoms with Crippen LogP contribution in [0, 0.1) is 10.1 Å². The van der Waals surface area contributed by atoms with Crippen LogP contribution >= 0.6 is 0 Å². The number of nitrogens with zero attached hydrogens (tertiary/aromatic N) is 1. The van der Waals surface area contributed by atoms with Crippen molar-refractivity contribution in [1.82, 2.24) is 0 Å². The van der Waals surface area contributed by atoms with Gasteiger partial charge in [0, 0.05) is 24.6 Å². The molecule has 1 rings (SSSR count). The van der Waals surface area contributed by atoms with Crippen molar-refractivity contribution in [2.24, 2.45) is 0 Å². The fourth-order valence-corrected chi connectivity index (χ4v) is 1.23. The molecule has 17 heavy (non-hydrogen) atoms. The first kappa shape index (κ1) is 12.6. The van der Waals surface area contributed by atoms with Crippen molar-refractivity contribution in [3.63, 3.8) is 0 Å². The third-order valence-corrected chi connectivity index (χ3v) is 1.89. The molecule has 0 radical (unpaired) electrons. The molecule has 0 unspecified atom stereocenters. The molecule has 0 aliphatic rings. The third-order valence-electron chi connectivity index (χ3n) is 1.89. The number of nitro benzene ring substituents is 1. The maximum absolute atomic E-state index is 10.9. The standard InChI is InChI=1S/C10H9NO6/c1-6(12)17-9(10(13)14)7-3-2-4-8(5-7)11(15)16/h2-5,9H,1H3,(H,13,14)/t9-/m0/s1. The number of carbonyl (C=O) groups is 2. The highest BCUT2D eigenvalue weighted by atomic mass is 16.6. The molecular formula is C10H9NO6. The van der Waals surface area contributed by atoms with Crippen LogP contribution in [0.4, 0.5) is 5.69 Å². The Labute approximate surface area is 95.8 Å². The number of hydrogen-bond donors (Lipinski definition) is 1. The number of ether oxygens (including phenoxy) is 1. The van der Waals surface area contributed by atoms with Crippen molar-refractivity contribution in [2.75, 3.05) is 0 Å². The van der Waals surface area contributed by atoms with Crippen molar-refractivity contribution >= 4 is 17.6 Å². The maximum Gasteiger partial charge on any atom is 0.349 e. The van der Waals surface area contributed by atoms with Crippen molar-refractivity contribution < 1.29 is 24.4 Å². The largest absolute Gasteiger partial charge is 0.478 e. The van der Waals surface area contributed by atoms with Gasteiger partial charge in [0.25, 0.3) is 5.69 Å². The molecule has 0 aromatic heterocycles. The molecule has 0 heterocycles. The lowest BCUT2D eigenvalue weighted by Gasteiger charge is -2.12. The Morgan fingerprint density at radius 1 is 1.47 bits per heavy atom. The van der Waals surface area contributed by atoms with E-state index >= 15 is 0 Å². The van der Waals surface area contributed by atoms with E-state index in [0.29, 0.717) is 0 Å². The van der Waals surface area contributed by atoms with Crippen LogP contribution in [0.1, 0.15) is 18.6 Å². The van der Waals surface area contributed by atoms with Gasteiger partial charge in [0.15, 0.2) is 0 Å². The Bertz CT molecular complexity index is 470. The average Bonchev–Trinajstić information content (AvgIpc) is 2.25. The zero-order valence-electron chi connectivity index (χ0n) is 8.82. The number of nitro groups is 1. The number of rotatable bonds is 4. The summed E-state index contributed by atoms with van der Waals surface area (Å²) in [5.74, 6) is -2.16. The molecule has 0 aliphatic heterocycles. The monoisotopic (exact) mass is 239 g/mol. The molecule has 90 valence electrons. The van der Waals surface area contributed by atoms with Gasteiger partial charge in [-0.25, -0.2) is 4.79 Å². The van der Waals surface area contributed by atoms with Crippen molar-refractivity contribution in [1.29, 1.82) is 0 Å². The van der Waals surface area contributed by atoms with Crippen molar-refractivity contribution in [3.05, 3.63) is 39.9 Å². The van der Waals surface area contributed by atoms with E-state index in [0.717, 1.165) is 13.0 Å². The summed E-state index contributed by atoms with van der Waals surface area (Å²) in [5, 5.41) is 19.4. The Balaban J connectivity index is 3.10. The van der Waals surface area contributed by atoms with Crippen LogP contribution < -0.4 is 0 Å². The normalized spacial score (nSPS) is 11.6. The molecule has 1 atom stereocenters. The van der Waals surface area contributed by atoms with Crippen LogP contribution in [0.25, 0.3) is 0 Å². The first-order valence-electron chi connectivity index (χ1n) is 4.56. The smallest absolute Gasteiger partial charge is 0.349 e. The fraction of sp³-hybridized carbons (Fsp3) is 0.200. The van der Waals surface area contributed by atoms with Gasteiger partial charge in [0.1, 0.15) is 0 Å². The molecule has 0 amide bonds. The number of esters is 1. The summed E-state index contributed by atoms with van der Waals surface area (Å²) in [7, 11) is 0. The highest BCUT2D eigenvalue weighted by molar-refractivity contribution is 5.78. The molecule has 0 saturated heterocycles. The zero-order valence-corrected chi connectivity index (χ0v) is 8.82. The lowest BCUT2D eigenvalue weighted by atomic mass is 10.1. The summed E-state index contributed by atoms with van der Waals surface area (Å²) >= 11 is 0. The molecule has 0 saturated carbocycles. The zero-order chi connectivity index (χ0) is 13.0. The molecular weight excluding hydrogens is 230 g/mol. The molecule has 0 fully saturated rings. The minimum absolute atomic E-state index is 0.0434. The highest BCUT2D eigenvalue weighted by Gasteiger charge is 2.24. The summed E-state index contributed by atoms with van der Waals surface area (Å²) in [6.45, 7) is 1.06. The van der Waals surface area contributed by atoms with E-state index in [1.807, 2.05) is 0 Å². The Hall–Kier alpha value is -2.44. The number of carboxylic acid groups (broad SMARTS) is 1. The first-order chi connectivity index (χ1) is 7.91. The second kappa shape index (κ2) is 5.06. The molecule has 1 aromatic carbocycles.